The molecule has 0 fully saturated rings. The number of nitrogens with two attached hydrogens (primary N) is 1. The molecule has 1 aliphatic carbocycles. The number of hydrogen-bond acceptors (Lipinski definition) is 2. The van der Waals surface area contributed by atoms with Gasteiger partial charge in [-0.3, -0.25) is 0 Å². The van der Waals surface area contributed by atoms with Gasteiger partial charge in [-0.1, -0.05) is 19.1 Å². The molecule has 1 aliphatic rings. The van der Waals surface area contributed by atoms with E-state index in [9.17, 15) is 0 Å². The third-order valence-corrected chi connectivity index (χ3v) is 3.77. The Balaban J connectivity index is 2.42. The van der Waals surface area contributed by atoms with Gasteiger partial charge in [-0.25, -0.2) is 0 Å². The van der Waals surface area contributed by atoms with Gasteiger partial charge in [0.1, 0.15) is 5.75 Å². The van der Waals surface area contributed by atoms with Crippen LogP contribution in [-0.4, -0.2) is 13.7 Å². The highest BCUT2D eigenvalue weighted by atomic mass is 16.5. The number of hydrogen-bond donors (Lipinski definition) is 1. The highest BCUT2D eigenvalue weighted by Gasteiger charge is 2.27. The summed E-state index contributed by atoms with van der Waals surface area (Å²) in [6, 6.07) is 6.39. The summed E-state index contributed by atoms with van der Waals surface area (Å²) >= 11 is 0. The SMILES string of the molecule is COc1cccc2c1C(C(C)CN)CCC2. The smallest absolute Gasteiger partial charge is 0.122 e. The van der Waals surface area contributed by atoms with Gasteiger partial charge in [0, 0.05) is 5.56 Å². The summed E-state index contributed by atoms with van der Waals surface area (Å²) in [4.78, 5) is 0. The summed E-state index contributed by atoms with van der Waals surface area (Å²) in [6.07, 6.45) is 3.70. The minimum atomic E-state index is 0.537. The van der Waals surface area contributed by atoms with E-state index in [4.69, 9.17) is 10.5 Å². The average molecular weight is 219 g/mol. The van der Waals surface area contributed by atoms with Crippen molar-refractivity contribution in [2.45, 2.75) is 32.1 Å². The van der Waals surface area contributed by atoms with Crippen LogP contribution in [0.15, 0.2) is 18.2 Å². The van der Waals surface area contributed by atoms with Crippen LogP contribution in [0.5, 0.6) is 5.75 Å². The average Bonchev–Trinajstić information content (AvgIpc) is 2.36. The fourth-order valence-corrected chi connectivity index (χ4v) is 2.80. The van der Waals surface area contributed by atoms with E-state index in [1.54, 1.807) is 7.11 Å². The molecule has 2 nitrogen and oxygen atoms in total. The molecule has 0 bridgehead atoms. The predicted octanol–water partition coefficient (Wildman–Crippen LogP) is 2.71. The van der Waals surface area contributed by atoms with E-state index >= 15 is 0 Å². The fraction of sp³-hybridized carbons (Fsp3) is 0.571. The van der Waals surface area contributed by atoms with E-state index in [2.05, 4.69) is 25.1 Å². The van der Waals surface area contributed by atoms with Crippen LogP contribution in [0.3, 0.4) is 0 Å². The maximum Gasteiger partial charge on any atom is 0.122 e. The van der Waals surface area contributed by atoms with Crippen molar-refractivity contribution >= 4 is 0 Å². The lowest BCUT2D eigenvalue weighted by Crippen LogP contribution is -2.23. The number of aryl methyl sites for hydroxylation is 1. The number of ether oxygens (including phenoxy) is 1. The van der Waals surface area contributed by atoms with Gasteiger partial charge in [-0.05, 0) is 49.3 Å². The molecule has 1 aromatic carbocycles. The molecular weight excluding hydrogens is 198 g/mol. The molecule has 2 N–H and O–H groups in total. The van der Waals surface area contributed by atoms with E-state index in [0.717, 1.165) is 12.3 Å². The Hall–Kier alpha value is -1.02. The van der Waals surface area contributed by atoms with Crippen molar-refractivity contribution in [2.75, 3.05) is 13.7 Å². The first-order valence-corrected chi connectivity index (χ1v) is 6.13. The highest BCUT2D eigenvalue weighted by Crippen LogP contribution is 2.41. The summed E-state index contributed by atoms with van der Waals surface area (Å²) in [5, 5.41) is 0. The van der Waals surface area contributed by atoms with Gasteiger partial charge in [-0.15, -0.1) is 0 Å². The lowest BCUT2D eigenvalue weighted by molar-refractivity contribution is 0.368. The minimum absolute atomic E-state index is 0.537. The van der Waals surface area contributed by atoms with Gasteiger partial charge in [0.25, 0.3) is 0 Å². The van der Waals surface area contributed by atoms with E-state index in [1.165, 1.54) is 30.4 Å². The third kappa shape index (κ3) is 1.94. The van der Waals surface area contributed by atoms with Crippen molar-refractivity contribution in [1.82, 2.24) is 0 Å². The summed E-state index contributed by atoms with van der Waals surface area (Å²) in [5.41, 5.74) is 8.68. The Bertz CT molecular complexity index is 348. The maximum absolute atomic E-state index is 5.81. The van der Waals surface area contributed by atoms with Crippen LogP contribution in [0.25, 0.3) is 0 Å². The zero-order valence-corrected chi connectivity index (χ0v) is 10.2. The predicted molar refractivity (Wildman–Crippen MR) is 66.9 cm³/mol. The maximum atomic E-state index is 5.81. The third-order valence-electron chi connectivity index (χ3n) is 3.77. The summed E-state index contributed by atoms with van der Waals surface area (Å²) in [7, 11) is 1.76. The molecule has 2 rings (SSSR count). The largest absolute Gasteiger partial charge is 0.496 e. The van der Waals surface area contributed by atoms with Crippen LogP contribution in [0.4, 0.5) is 0 Å². The molecule has 88 valence electrons. The quantitative estimate of drug-likeness (QED) is 0.848. The van der Waals surface area contributed by atoms with Gasteiger partial charge in [0.15, 0.2) is 0 Å². The molecule has 2 heteroatoms. The van der Waals surface area contributed by atoms with Crippen LogP contribution in [-0.2, 0) is 6.42 Å². The zero-order chi connectivity index (χ0) is 11.5. The molecule has 0 saturated carbocycles. The molecule has 2 atom stereocenters. The molecule has 0 radical (unpaired) electrons. The molecule has 0 saturated heterocycles. The zero-order valence-electron chi connectivity index (χ0n) is 10.2. The standard InChI is InChI=1S/C14H21NO/c1-10(9-15)12-7-3-5-11-6-4-8-13(16-2)14(11)12/h4,6,8,10,12H,3,5,7,9,15H2,1-2H3. The van der Waals surface area contributed by atoms with Crippen molar-refractivity contribution in [3.05, 3.63) is 29.3 Å². The van der Waals surface area contributed by atoms with Crippen molar-refractivity contribution in [1.29, 1.82) is 0 Å². The Morgan fingerprint density at radius 1 is 1.50 bits per heavy atom. The van der Waals surface area contributed by atoms with Gasteiger partial charge in [-0.2, -0.15) is 0 Å². The van der Waals surface area contributed by atoms with Crippen LogP contribution in [0, 0.1) is 5.92 Å². The van der Waals surface area contributed by atoms with Gasteiger partial charge >= 0.3 is 0 Å². The first-order valence-electron chi connectivity index (χ1n) is 6.13. The second kappa shape index (κ2) is 4.88. The first kappa shape index (κ1) is 11.5. The minimum Gasteiger partial charge on any atom is -0.496 e. The molecule has 16 heavy (non-hydrogen) atoms. The number of rotatable bonds is 3. The lowest BCUT2D eigenvalue weighted by atomic mass is 9.76. The van der Waals surface area contributed by atoms with E-state index in [1.807, 2.05) is 0 Å². The van der Waals surface area contributed by atoms with Crippen molar-refractivity contribution < 1.29 is 4.74 Å². The van der Waals surface area contributed by atoms with Crippen LogP contribution in [0.2, 0.25) is 0 Å². The van der Waals surface area contributed by atoms with Crippen LogP contribution >= 0.6 is 0 Å². The molecular formula is C14H21NO. The molecule has 0 spiro atoms. The number of benzene rings is 1. The summed E-state index contributed by atoms with van der Waals surface area (Å²) < 4.78 is 5.50. The van der Waals surface area contributed by atoms with E-state index < -0.39 is 0 Å². The number of methoxy groups -OCH3 is 1. The Morgan fingerprint density at radius 2 is 2.31 bits per heavy atom. The van der Waals surface area contributed by atoms with Crippen molar-refractivity contribution in [2.24, 2.45) is 11.7 Å². The number of fused-ring (bicyclic) bond motifs is 1. The van der Waals surface area contributed by atoms with Gasteiger partial charge < -0.3 is 10.5 Å². The fourth-order valence-electron chi connectivity index (χ4n) is 2.80. The second-order valence-corrected chi connectivity index (χ2v) is 4.74. The highest BCUT2D eigenvalue weighted by molar-refractivity contribution is 5.44. The normalized spacial score (nSPS) is 21.3. The molecule has 2 unspecified atom stereocenters. The van der Waals surface area contributed by atoms with Gasteiger partial charge in [0.2, 0.25) is 0 Å². The molecule has 0 amide bonds. The van der Waals surface area contributed by atoms with E-state index in [0.29, 0.717) is 11.8 Å². The van der Waals surface area contributed by atoms with Gasteiger partial charge in [0.05, 0.1) is 7.11 Å². The van der Waals surface area contributed by atoms with Crippen LogP contribution in [0.1, 0.15) is 36.8 Å². The van der Waals surface area contributed by atoms with Crippen LogP contribution < -0.4 is 10.5 Å². The molecule has 0 heterocycles. The monoisotopic (exact) mass is 219 g/mol. The Morgan fingerprint density at radius 3 is 3.00 bits per heavy atom. The molecule has 1 aromatic rings. The second-order valence-electron chi connectivity index (χ2n) is 4.74. The molecule has 0 aromatic heterocycles. The van der Waals surface area contributed by atoms with Crippen molar-refractivity contribution in [3.8, 4) is 5.75 Å². The van der Waals surface area contributed by atoms with E-state index in [-0.39, 0.29) is 0 Å². The summed E-state index contributed by atoms with van der Waals surface area (Å²) in [6.45, 7) is 2.99. The lowest BCUT2D eigenvalue weighted by Gasteiger charge is -2.31. The topological polar surface area (TPSA) is 35.2 Å². The summed E-state index contributed by atoms with van der Waals surface area (Å²) in [5.74, 6) is 2.16. The first-order chi connectivity index (χ1) is 7.77. The molecule has 0 aliphatic heterocycles. The van der Waals surface area contributed by atoms with Crippen molar-refractivity contribution in [3.63, 3.8) is 0 Å². The Labute approximate surface area is 97.8 Å². The Kier molecular flexibility index (Phi) is 3.49.